The van der Waals surface area contributed by atoms with Crippen molar-refractivity contribution in [3.8, 4) is 5.75 Å². The van der Waals surface area contributed by atoms with Gasteiger partial charge in [0.25, 0.3) is 10.0 Å². The van der Waals surface area contributed by atoms with Crippen LogP contribution >= 0.6 is 0 Å². The van der Waals surface area contributed by atoms with Crippen LogP contribution in [-0.4, -0.2) is 57.2 Å². The maximum absolute atomic E-state index is 13.4. The summed E-state index contributed by atoms with van der Waals surface area (Å²) in [6.45, 7) is -0.373. The number of rotatable bonds is 5. The van der Waals surface area contributed by atoms with E-state index in [0.717, 1.165) is 22.5 Å². The number of hydrogen-bond donors (Lipinski definition) is 2. The molecular formula is C20H20F3N3O6S. The molecule has 1 aliphatic rings. The first-order valence-corrected chi connectivity index (χ1v) is 10.9. The van der Waals surface area contributed by atoms with Crippen LogP contribution in [0.2, 0.25) is 0 Å². The van der Waals surface area contributed by atoms with Gasteiger partial charge in [-0.05, 0) is 36.4 Å². The highest BCUT2D eigenvalue weighted by Gasteiger charge is 2.37. The predicted octanol–water partition coefficient (Wildman–Crippen LogP) is 3.23. The minimum absolute atomic E-state index is 0.0249. The summed E-state index contributed by atoms with van der Waals surface area (Å²) in [5.41, 5.74) is -1.19. The zero-order valence-corrected chi connectivity index (χ0v) is 18.3. The summed E-state index contributed by atoms with van der Waals surface area (Å²) in [4.78, 5) is 23.8. The molecule has 3 rings (SSSR count). The van der Waals surface area contributed by atoms with Crippen molar-refractivity contribution in [3.05, 3.63) is 48.0 Å². The van der Waals surface area contributed by atoms with E-state index in [1.807, 2.05) is 0 Å². The van der Waals surface area contributed by atoms with Gasteiger partial charge in [0.15, 0.2) is 0 Å². The van der Waals surface area contributed by atoms with Gasteiger partial charge in [0.2, 0.25) is 5.91 Å². The molecule has 0 saturated carbocycles. The fourth-order valence-corrected chi connectivity index (χ4v) is 4.73. The molecule has 2 N–H and O–H groups in total. The Morgan fingerprint density at radius 2 is 1.91 bits per heavy atom. The Kier molecular flexibility index (Phi) is 6.45. The zero-order chi connectivity index (χ0) is 24.6. The first-order valence-electron chi connectivity index (χ1n) is 9.50. The molecule has 0 radical (unpaired) electrons. The number of sulfonamides is 1. The van der Waals surface area contributed by atoms with Crippen molar-refractivity contribution in [1.29, 1.82) is 0 Å². The number of amides is 2. The molecule has 178 valence electrons. The topological polar surface area (TPSA) is 116 Å². The number of anilines is 2. The van der Waals surface area contributed by atoms with Crippen LogP contribution < -0.4 is 14.4 Å². The Morgan fingerprint density at radius 3 is 2.52 bits per heavy atom. The summed E-state index contributed by atoms with van der Waals surface area (Å²) in [6.07, 6.45) is -7.26. The number of nitrogens with one attached hydrogen (secondary N) is 1. The maximum Gasteiger partial charge on any atom is 0.416 e. The molecule has 0 spiro atoms. The summed E-state index contributed by atoms with van der Waals surface area (Å²) in [7, 11) is -1.51. The lowest BCUT2D eigenvalue weighted by Gasteiger charge is -2.36. The van der Waals surface area contributed by atoms with Crippen LogP contribution in [0.5, 0.6) is 5.75 Å². The second kappa shape index (κ2) is 8.81. The first kappa shape index (κ1) is 24.2. The largest absolute Gasteiger partial charge is 0.486 e. The summed E-state index contributed by atoms with van der Waals surface area (Å²) in [5.74, 6) is -0.312. The lowest BCUT2D eigenvalue weighted by molar-refractivity contribution is -0.137. The van der Waals surface area contributed by atoms with Crippen molar-refractivity contribution in [2.75, 3.05) is 30.3 Å². The highest BCUT2D eigenvalue weighted by molar-refractivity contribution is 7.92. The van der Waals surface area contributed by atoms with E-state index in [1.165, 1.54) is 37.2 Å². The second-order valence-electron chi connectivity index (χ2n) is 7.41. The van der Waals surface area contributed by atoms with E-state index in [9.17, 15) is 31.2 Å². The Bertz CT molecular complexity index is 1180. The van der Waals surface area contributed by atoms with Gasteiger partial charge in [0, 0.05) is 19.8 Å². The summed E-state index contributed by atoms with van der Waals surface area (Å²) in [5, 5.41) is 11.0. The van der Waals surface area contributed by atoms with Crippen molar-refractivity contribution >= 4 is 33.4 Å². The second-order valence-corrected chi connectivity index (χ2v) is 9.27. The molecule has 0 aliphatic carbocycles. The number of fused-ring (bicyclic) bond motifs is 1. The lowest BCUT2D eigenvalue weighted by Crippen LogP contribution is -2.45. The van der Waals surface area contributed by atoms with Crippen molar-refractivity contribution in [2.45, 2.75) is 23.6 Å². The minimum atomic E-state index is -4.76. The van der Waals surface area contributed by atoms with Gasteiger partial charge in [-0.3, -0.25) is 14.4 Å². The zero-order valence-electron chi connectivity index (χ0n) is 17.5. The SMILES string of the molecule is CN(C)C(=O)CC1CN(S(=O)(=O)c2cccc(C(F)(F)F)c2)c2cc(NC(=O)O)ccc2O1. The van der Waals surface area contributed by atoms with Crippen LogP contribution in [0.4, 0.5) is 29.3 Å². The normalized spacial score (nSPS) is 15.9. The van der Waals surface area contributed by atoms with Crippen LogP contribution in [-0.2, 0) is 21.0 Å². The molecule has 1 unspecified atom stereocenters. The van der Waals surface area contributed by atoms with Crippen molar-refractivity contribution in [3.63, 3.8) is 0 Å². The highest BCUT2D eigenvalue weighted by Crippen LogP contribution is 2.40. The molecule has 0 bridgehead atoms. The number of carboxylic acid groups (broad SMARTS) is 1. The first-order chi connectivity index (χ1) is 15.3. The average Bonchev–Trinajstić information content (AvgIpc) is 2.72. The minimum Gasteiger partial charge on any atom is -0.486 e. The number of halogens is 3. The number of ether oxygens (including phenoxy) is 1. The molecule has 2 aromatic rings. The fraction of sp³-hybridized carbons (Fsp3) is 0.300. The Hall–Kier alpha value is -3.48. The lowest BCUT2D eigenvalue weighted by atomic mass is 10.1. The molecular weight excluding hydrogens is 467 g/mol. The van der Waals surface area contributed by atoms with E-state index in [-0.39, 0.29) is 36.0 Å². The van der Waals surface area contributed by atoms with Crippen LogP contribution in [0, 0.1) is 0 Å². The molecule has 13 heteroatoms. The van der Waals surface area contributed by atoms with E-state index in [1.54, 1.807) is 0 Å². The molecule has 1 atom stereocenters. The van der Waals surface area contributed by atoms with Crippen LogP contribution in [0.15, 0.2) is 47.4 Å². The van der Waals surface area contributed by atoms with Crippen LogP contribution in [0.1, 0.15) is 12.0 Å². The fourth-order valence-electron chi connectivity index (χ4n) is 3.18. The van der Waals surface area contributed by atoms with E-state index in [2.05, 4.69) is 5.32 Å². The third kappa shape index (κ3) is 5.30. The van der Waals surface area contributed by atoms with Gasteiger partial charge in [-0.1, -0.05) is 6.07 Å². The van der Waals surface area contributed by atoms with E-state index >= 15 is 0 Å². The van der Waals surface area contributed by atoms with Gasteiger partial charge in [-0.15, -0.1) is 0 Å². The Morgan fingerprint density at radius 1 is 1.21 bits per heavy atom. The smallest absolute Gasteiger partial charge is 0.416 e. The van der Waals surface area contributed by atoms with Crippen LogP contribution in [0.25, 0.3) is 0 Å². The van der Waals surface area contributed by atoms with Crippen molar-refractivity contribution in [2.24, 2.45) is 0 Å². The van der Waals surface area contributed by atoms with Gasteiger partial charge in [-0.2, -0.15) is 13.2 Å². The molecule has 9 nitrogen and oxygen atoms in total. The number of nitrogens with zero attached hydrogens (tertiary/aromatic N) is 2. The highest BCUT2D eigenvalue weighted by atomic mass is 32.2. The maximum atomic E-state index is 13.4. The third-order valence-electron chi connectivity index (χ3n) is 4.79. The standard InChI is InChI=1S/C20H20F3N3O6S/c1-25(2)18(27)10-14-11-26(16-9-13(24-19(28)29)6-7-17(16)32-14)33(30,31)15-5-3-4-12(8-15)20(21,22)23/h3-9,14,24H,10-11H2,1-2H3,(H,28,29). The Labute approximate surface area is 187 Å². The average molecular weight is 487 g/mol. The predicted molar refractivity (Wildman–Crippen MR) is 112 cm³/mol. The van der Waals surface area contributed by atoms with Crippen molar-refractivity contribution < 1.29 is 41.0 Å². The van der Waals surface area contributed by atoms with Gasteiger partial charge >= 0.3 is 12.3 Å². The summed E-state index contributed by atoms with van der Waals surface area (Å²) in [6, 6.07) is 7.12. The monoisotopic (exact) mass is 487 g/mol. The quantitative estimate of drug-likeness (QED) is 0.669. The van der Waals surface area contributed by atoms with Gasteiger partial charge in [0.1, 0.15) is 11.9 Å². The summed E-state index contributed by atoms with van der Waals surface area (Å²) < 4.78 is 72.8. The van der Waals surface area contributed by atoms with Gasteiger partial charge in [0.05, 0.1) is 29.1 Å². The van der Waals surface area contributed by atoms with Gasteiger partial charge in [-0.25, -0.2) is 13.2 Å². The van der Waals surface area contributed by atoms with E-state index in [0.29, 0.717) is 6.07 Å². The number of alkyl halides is 3. The number of benzene rings is 2. The molecule has 1 aliphatic heterocycles. The van der Waals surface area contributed by atoms with Crippen LogP contribution in [0.3, 0.4) is 0 Å². The number of carbonyl (C=O) groups excluding carboxylic acids is 1. The molecule has 2 amide bonds. The number of carbonyl (C=O) groups is 2. The molecule has 1 heterocycles. The van der Waals surface area contributed by atoms with Crippen molar-refractivity contribution in [1.82, 2.24) is 4.90 Å². The molecule has 0 aromatic heterocycles. The molecule has 0 saturated heterocycles. The Balaban J connectivity index is 2.09. The van der Waals surface area contributed by atoms with E-state index in [4.69, 9.17) is 9.84 Å². The number of hydrogen-bond acceptors (Lipinski definition) is 5. The molecule has 33 heavy (non-hydrogen) atoms. The third-order valence-corrected chi connectivity index (χ3v) is 6.57. The molecule has 2 aromatic carbocycles. The van der Waals surface area contributed by atoms with E-state index < -0.39 is 38.9 Å². The van der Waals surface area contributed by atoms with Gasteiger partial charge < -0.3 is 14.7 Å². The molecule has 0 fully saturated rings. The summed E-state index contributed by atoms with van der Waals surface area (Å²) >= 11 is 0.